The second-order valence-electron chi connectivity index (χ2n) is 4.12. The molecule has 0 fully saturated rings. The molecule has 20 heavy (non-hydrogen) atoms. The van der Waals surface area contributed by atoms with Crippen molar-refractivity contribution in [1.29, 1.82) is 0 Å². The van der Waals surface area contributed by atoms with Crippen LogP contribution >= 0.6 is 15.9 Å². The molecular weight excluding hydrogens is 332 g/mol. The van der Waals surface area contributed by atoms with Gasteiger partial charge in [-0.05, 0) is 27.6 Å². The SMILES string of the molecule is NC(=O)CN(CC(N)=O)Cc1ccc(Br)c([N+](=O)[O-])c1. The van der Waals surface area contributed by atoms with E-state index in [2.05, 4.69) is 15.9 Å². The predicted octanol–water partition coefficient (Wildman–Crippen LogP) is 0.130. The fourth-order valence-corrected chi connectivity index (χ4v) is 2.05. The number of nitro benzene ring substituents is 1. The molecule has 0 radical (unpaired) electrons. The number of hydrogen-bond donors (Lipinski definition) is 2. The molecule has 4 N–H and O–H groups in total. The summed E-state index contributed by atoms with van der Waals surface area (Å²) >= 11 is 3.07. The van der Waals surface area contributed by atoms with E-state index in [0.717, 1.165) is 0 Å². The van der Waals surface area contributed by atoms with E-state index in [1.165, 1.54) is 17.0 Å². The molecule has 0 bridgehead atoms. The van der Waals surface area contributed by atoms with Crippen molar-refractivity contribution in [1.82, 2.24) is 4.90 Å². The molecule has 0 heterocycles. The van der Waals surface area contributed by atoms with Gasteiger partial charge in [-0.15, -0.1) is 0 Å². The second-order valence-corrected chi connectivity index (χ2v) is 4.97. The van der Waals surface area contributed by atoms with Crippen LogP contribution in [-0.2, 0) is 16.1 Å². The lowest BCUT2D eigenvalue weighted by Crippen LogP contribution is -2.39. The Hall–Kier alpha value is -2.00. The van der Waals surface area contributed by atoms with Crippen LogP contribution in [0.1, 0.15) is 5.56 Å². The van der Waals surface area contributed by atoms with E-state index in [9.17, 15) is 19.7 Å². The van der Waals surface area contributed by atoms with Crippen molar-refractivity contribution in [3.05, 3.63) is 38.3 Å². The number of amides is 2. The maximum absolute atomic E-state index is 10.9. The van der Waals surface area contributed by atoms with Gasteiger partial charge in [0.15, 0.2) is 0 Å². The molecule has 0 atom stereocenters. The first-order chi connectivity index (χ1) is 9.29. The van der Waals surface area contributed by atoms with Gasteiger partial charge in [-0.3, -0.25) is 24.6 Å². The maximum Gasteiger partial charge on any atom is 0.283 e. The van der Waals surface area contributed by atoms with Gasteiger partial charge in [0, 0.05) is 12.6 Å². The average molecular weight is 345 g/mol. The van der Waals surface area contributed by atoms with Crippen molar-refractivity contribution >= 4 is 33.4 Å². The smallest absolute Gasteiger partial charge is 0.283 e. The van der Waals surface area contributed by atoms with Crippen LogP contribution in [-0.4, -0.2) is 34.7 Å². The molecule has 0 saturated carbocycles. The van der Waals surface area contributed by atoms with Crippen molar-refractivity contribution in [3.63, 3.8) is 0 Å². The van der Waals surface area contributed by atoms with E-state index in [1.54, 1.807) is 6.07 Å². The number of nitrogens with two attached hydrogens (primary N) is 2. The van der Waals surface area contributed by atoms with Gasteiger partial charge in [0.25, 0.3) is 5.69 Å². The predicted molar refractivity (Wildman–Crippen MR) is 74.5 cm³/mol. The van der Waals surface area contributed by atoms with Crippen LogP contribution in [0.3, 0.4) is 0 Å². The molecule has 108 valence electrons. The number of carbonyl (C=O) groups is 2. The molecule has 0 aromatic heterocycles. The third-order valence-electron chi connectivity index (χ3n) is 2.37. The lowest BCUT2D eigenvalue weighted by atomic mass is 10.2. The minimum absolute atomic E-state index is 0.0967. The number of benzene rings is 1. The average Bonchev–Trinajstić information content (AvgIpc) is 2.29. The molecule has 1 rings (SSSR count). The van der Waals surface area contributed by atoms with Gasteiger partial charge in [-0.1, -0.05) is 6.07 Å². The summed E-state index contributed by atoms with van der Waals surface area (Å²) < 4.78 is 0.350. The first-order valence-electron chi connectivity index (χ1n) is 5.51. The van der Waals surface area contributed by atoms with E-state index in [1.807, 2.05) is 0 Å². The Balaban J connectivity index is 2.92. The summed E-state index contributed by atoms with van der Waals surface area (Å²) in [6, 6.07) is 4.53. The second kappa shape index (κ2) is 6.96. The number of hydrogen-bond acceptors (Lipinski definition) is 5. The van der Waals surface area contributed by atoms with E-state index in [-0.39, 0.29) is 25.3 Å². The van der Waals surface area contributed by atoms with Crippen molar-refractivity contribution < 1.29 is 14.5 Å². The molecule has 0 unspecified atom stereocenters. The zero-order valence-corrected chi connectivity index (χ0v) is 12.0. The Bertz CT molecular complexity index is 533. The summed E-state index contributed by atoms with van der Waals surface area (Å²) in [5.74, 6) is -1.23. The molecular formula is C11H13BrN4O4. The fraction of sp³-hybridized carbons (Fsp3) is 0.273. The van der Waals surface area contributed by atoms with Crippen LogP contribution in [0.4, 0.5) is 5.69 Å². The van der Waals surface area contributed by atoms with Crippen LogP contribution < -0.4 is 11.5 Å². The number of nitro groups is 1. The van der Waals surface area contributed by atoms with E-state index in [4.69, 9.17) is 11.5 Å². The molecule has 2 amide bonds. The van der Waals surface area contributed by atoms with Gasteiger partial charge >= 0.3 is 0 Å². The molecule has 0 aliphatic carbocycles. The van der Waals surface area contributed by atoms with Crippen LogP contribution in [0.5, 0.6) is 0 Å². The van der Waals surface area contributed by atoms with E-state index >= 15 is 0 Å². The van der Waals surface area contributed by atoms with Gasteiger partial charge in [-0.2, -0.15) is 0 Å². The van der Waals surface area contributed by atoms with Crippen LogP contribution in [0.2, 0.25) is 0 Å². The summed E-state index contributed by atoms with van der Waals surface area (Å²) in [6.45, 7) is -0.167. The Morgan fingerprint density at radius 3 is 2.25 bits per heavy atom. The lowest BCUT2D eigenvalue weighted by molar-refractivity contribution is -0.385. The highest BCUT2D eigenvalue weighted by Crippen LogP contribution is 2.26. The monoisotopic (exact) mass is 344 g/mol. The Kier molecular flexibility index (Phi) is 5.59. The van der Waals surface area contributed by atoms with Crippen molar-refractivity contribution in [3.8, 4) is 0 Å². The number of rotatable bonds is 7. The number of nitrogens with zero attached hydrogens (tertiary/aromatic N) is 2. The van der Waals surface area contributed by atoms with E-state index in [0.29, 0.717) is 10.0 Å². The standard InChI is InChI=1S/C11H13BrN4O4/c12-8-2-1-7(3-9(8)16(19)20)4-15(5-10(13)17)6-11(14)18/h1-3H,4-6H2,(H2,13,17)(H2,14,18). The molecule has 0 spiro atoms. The highest BCUT2D eigenvalue weighted by Gasteiger charge is 2.16. The number of carbonyl (C=O) groups excluding carboxylic acids is 2. The summed E-state index contributed by atoms with van der Waals surface area (Å²) in [7, 11) is 0. The Labute approximate surface area is 123 Å². The lowest BCUT2D eigenvalue weighted by Gasteiger charge is -2.18. The third kappa shape index (κ3) is 4.94. The van der Waals surface area contributed by atoms with Crippen molar-refractivity contribution in [2.24, 2.45) is 11.5 Å². The number of halogens is 1. The van der Waals surface area contributed by atoms with Crippen LogP contribution in [0.25, 0.3) is 0 Å². The van der Waals surface area contributed by atoms with Crippen molar-refractivity contribution in [2.45, 2.75) is 6.54 Å². The molecule has 0 aliphatic heterocycles. The molecule has 9 heteroatoms. The van der Waals surface area contributed by atoms with E-state index < -0.39 is 16.7 Å². The summed E-state index contributed by atoms with van der Waals surface area (Å²) in [4.78, 5) is 33.6. The molecule has 8 nitrogen and oxygen atoms in total. The largest absolute Gasteiger partial charge is 0.369 e. The Morgan fingerprint density at radius 1 is 1.25 bits per heavy atom. The highest BCUT2D eigenvalue weighted by molar-refractivity contribution is 9.10. The zero-order valence-electron chi connectivity index (χ0n) is 10.4. The molecule has 0 aliphatic rings. The van der Waals surface area contributed by atoms with Crippen molar-refractivity contribution in [2.75, 3.05) is 13.1 Å². The third-order valence-corrected chi connectivity index (χ3v) is 3.04. The maximum atomic E-state index is 10.9. The van der Waals surface area contributed by atoms with Gasteiger partial charge in [0.05, 0.1) is 22.5 Å². The summed E-state index contributed by atoms with van der Waals surface area (Å²) in [5.41, 5.74) is 10.6. The van der Waals surface area contributed by atoms with Gasteiger partial charge < -0.3 is 11.5 Å². The molecule has 1 aromatic carbocycles. The molecule has 1 aromatic rings. The summed E-state index contributed by atoms with van der Waals surface area (Å²) in [6.07, 6.45) is 0. The van der Waals surface area contributed by atoms with Crippen LogP contribution in [0.15, 0.2) is 22.7 Å². The first-order valence-corrected chi connectivity index (χ1v) is 6.30. The van der Waals surface area contributed by atoms with Crippen LogP contribution in [0, 0.1) is 10.1 Å². The number of primary amides is 2. The first kappa shape index (κ1) is 16.1. The minimum Gasteiger partial charge on any atom is -0.369 e. The Morgan fingerprint density at radius 2 is 1.80 bits per heavy atom. The summed E-state index contributed by atoms with van der Waals surface area (Å²) in [5, 5.41) is 10.8. The quantitative estimate of drug-likeness (QED) is 0.535. The normalized spacial score (nSPS) is 10.5. The zero-order chi connectivity index (χ0) is 15.3. The van der Waals surface area contributed by atoms with Gasteiger partial charge in [-0.25, -0.2) is 0 Å². The fourth-order valence-electron chi connectivity index (χ4n) is 1.66. The van der Waals surface area contributed by atoms with Gasteiger partial charge in [0.1, 0.15) is 0 Å². The topological polar surface area (TPSA) is 133 Å². The highest BCUT2D eigenvalue weighted by atomic mass is 79.9. The minimum atomic E-state index is -0.613. The molecule has 0 saturated heterocycles. The van der Waals surface area contributed by atoms with Gasteiger partial charge in [0.2, 0.25) is 11.8 Å².